The highest BCUT2D eigenvalue weighted by Crippen LogP contribution is 2.28. The zero-order valence-electron chi connectivity index (χ0n) is 12.4. The zero-order valence-corrected chi connectivity index (χ0v) is 12.4. The molecule has 3 heteroatoms. The Morgan fingerprint density at radius 3 is 2.33 bits per heavy atom. The number of methoxy groups -OCH3 is 2. The molecule has 21 heavy (non-hydrogen) atoms. The first-order valence-corrected chi connectivity index (χ1v) is 6.59. The molecule has 106 valence electrons. The van der Waals surface area contributed by atoms with Crippen LogP contribution in [0.25, 0.3) is 11.6 Å². The van der Waals surface area contributed by atoms with Gasteiger partial charge in [0.2, 0.25) is 0 Å². The van der Waals surface area contributed by atoms with E-state index in [-0.39, 0.29) is 0 Å². The third kappa shape index (κ3) is 3.43. The minimum absolute atomic E-state index is 0.596. The molecule has 0 bridgehead atoms. The molecule has 0 saturated heterocycles. The van der Waals surface area contributed by atoms with Crippen LogP contribution >= 0.6 is 0 Å². The van der Waals surface area contributed by atoms with Gasteiger partial charge in [0.05, 0.1) is 25.9 Å². The molecule has 0 N–H and O–H groups in total. The van der Waals surface area contributed by atoms with Crippen LogP contribution in [-0.4, -0.2) is 14.2 Å². The molecule has 0 aliphatic carbocycles. The lowest BCUT2D eigenvalue weighted by Gasteiger charge is -2.08. The third-order valence-electron chi connectivity index (χ3n) is 3.22. The third-order valence-corrected chi connectivity index (χ3v) is 3.22. The van der Waals surface area contributed by atoms with Crippen molar-refractivity contribution >= 4 is 11.6 Å². The average molecular weight is 279 g/mol. The maximum atomic E-state index is 9.39. The summed E-state index contributed by atoms with van der Waals surface area (Å²) in [5, 5.41) is 9.39. The molecule has 0 unspecified atom stereocenters. The van der Waals surface area contributed by atoms with Crippen molar-refractivity contribution in [3.05, 3.63) is 59.2 Å². The normalized spacial score (nSPS) is 10.9. The maximum absolute atomic E-state index is 9.39. The number of hydrogen-bond acceptors (Lipinski definition) is 3. The highest BCUT2D eigenvalue weighted by atomic mass is 16.5. The lowest BCUT2D eigenvalue weighted by Crippen LogP contribution is -1.90. The molecular weight excluding hydrogens is 262 g/mol. The van der Waals surface area contributed by atoms with E-state index >= 15 is 0 Å². The van der Waals surface area contributed by atoms with E-state index in [0.717, 1.165) is 22.4 Å². The lowest BCUT2D eigenvalue weighted by atomic mass is 10.0. The van der Waals surface area contributed by atoms with Crippen molar-refractivity contribution in [1.82, 2.24) is 0 Å². The molecule has 0 amide bonds. The summed E-state index contributed by atoms with van der Waals surface area (Å²) in [5.41, 5.74) is 3.49. The fraction of sp³-hybridized carbons (Fsp3) is 0.167. The number of nitrogens with zero attached hydrogens (tertiary/aromatic N) is 1. The van der Waals surface area contributed by atoms with Crippen LogP contribution in [-0.2, 0) is 0 Å². The molecule has 2 rings (SSSR count). The standard InChI is InChI=1S/C18H17NO2/c1-13-4-6-14(7-5-13)16(12-19)10-15-8-9-17(20-2)11-18(15)21-3/h4-11H,1-3H3/b16-10+. The average Bonchev–Trinajstić information content (AvgIpc) is 2.53. The number of nitriles is 1. The number of allylic oxidation sites excluding steroid dienone is 1. The van der Waals surface area contributed by atoms with E-state index in [0.29, 0.717) is 11.3 Å². The molecule has 2 aromatic carbocycles. The molecule has 0 atom stereocenters. The fourth-order valence-electron chi connectivity index (χ4n) is 2.01. The Balaban J connectivity index is 2.45. The van der Waals surface area contributed by atoms with Gasteiger partial charge < -0.3 is 9.47 Å². The van der Waals surface area contributed by atoms with Gasteiger partial charge in [-0.2, -0.15) is 5.26 Å². The topological polar surface area (TPSA) is 42.2 Å². The molecule has 0 heterocycles. The largest absolute Gasteiger partial charge is 0.497 e. The molecule has 2 aromatic rings. The first-order valence-electron chi connectivity index (χ1n) is 6.59. The van der Waals surface area contributed by atoms with Gasteiger partial charge in [-0.05, 0) is 30.7 Å². The fourth-order valence-corrected chi connectivity index (χ4v) is 2.01. The van der Waals surface area contributed by atoms with Crippen LogP contribution in [0, 0.1) is 18.3 Å². The van der Waals surface area contributed by atoms with Gasteiger partial charge in [0.25, 0.3) is 0 Å². The summed E-state index contributed by atoms with van der Waals surface area (Å²) in [5.74, 6) is 1.40. The molecular formula is C18H17NO2. The summed E-state index contributed by atoms with van der Waals surface area (Å²) in [4.78, 5) is 0. The molecule has 3 nitrogen and oxygen atoms in total. The second kappa shape index (κ2) is 6.62. The van der Waals surface area contributed by atoms with Crippen LogP contribution in [0.3, 0.4) is 0 Å². The summed E-state index contributed by atoms with van der Waals surface area (Å²) in [6, 6.07) is 15.6. The van der Waals surface area contributed by atoms with E-state index in [4.69, 9.17) is 9.47 Å². The van der Waals surface area contributed by atoms with Crippen molar-refractivity contribution in [3.8, 4) is 17.6 Å². The quantitative estimate of drug-likeness (QED) is 0.625. The van der Waals surface area contributed by atoms with Gasteiger partial charge in [-0.1, -0.05) is 29.8 Å². The van der Waals surface area contributed by atoms with E-state index in [1.54, 1.807) is 20.3 Å². The predicted octanol–water partition coefficient (Wildman–Crippen LogP) is 4.08. The van der Waals surface area contributed by atoms with E-state index < -0.39 is 0 Å². The van der Waals surface area contributed by atoms with Gasteiger partial charge in [-0.15, -0.1) is 0 Å². The number of rotatable bonds is 4. The van der Waals surface area contributed by atoms with Gasteiger partial charge >= 0.3 is 0 Å². The highest BCUT2D eigenvalue weighted by molar-refractivity contribution is 5.90. The minimum Gasteiger partial charge on any atom is -0.497 e. The SMILES string of the molecule is COc1ccc(/C=C(\C#N)c2ccc(C)cc2)c(OC)c1. The summed E-state index contributed by atoms with van der Waals surface area (Å²) < 4.78 is 10.5. The Labute approximate surface area is 125 Å². The minimum atomic E-state index is 0.596. The van der Waals surface area contributed by atoms with Crippen molar-refractivity contribution in [1.29, 1.82) is 5.26 Å². The molecule has 0 aromatic heterocycles. The van der Waals surface area contributed by atoms with Gasteiger partial charge in [-0.3, -0.25) is 0 Å². The van der Waals surface area contributed by atoms with Gasteiger partial charge in [0.15, 0.2) is 0 Å². The summed E-state index contributed by atoms with van der Waals surface area (Å²) >= 11 is 0. The van der Waals surface area contributed by atoms with Crippen molar-refractivity contribution in [3.63, 3.8) is 0 Å². The summed E-state index contributed by atoms with van der Waals surface area (Å²) in [7, 11) is 3.21. The first kappa shape index (κ1) is 14.7. The number of aryl methyl sites for hydroxylation is 1. The van der Waals surface area contributed by atoms with Gasteiger partial charge in [0.1, 0.15) is 11.5 Å². The second-order valence-corrected chi connectivity index (χ2v) is 4.64. The molecule has 0 radical (unpaired) electrons. The monoisotopic (exact) mass is 279 g/mol. The van der Waals surface area contributed by atoms with E-state index in [2.05, 4.69) is 6.07 Å². The van der Waals surface area contributed by atoms with Crippen LogP contribution < -0.4 is 9.47 Å². The molecule has 0 saturated carbocycles. The van der Waals surface area contributed by atoms with Crippen LogP contribution in [0.1, 0.15) is 16.7 Å². The van der Waals surface area contributed by atoms with E-state index in [1.807, 2.05) is 49.4 Å². The van der Waals surface area contributed by atoms with Gasteiger partial charge in [0, 0.05) is 11.6 Å². The van der Waals surface area contributed by atoms with E-state index in [1.165, 1.54) is 0 Å². The van der Waals surface area contributed by atoms with Crippen LogP contribution in [0.2, 0.25) is 0 Å². The van der Waals surface area contributed by atoms with Crippen LogP contribution in [0.5, 0.6) is 11.5 Å². The smallest absolute Gasteiger partial charge is 0.129 e. The molecule has 0 aliphatic heterocycles. The Morgan fingerprint density at radius 2 is 1.76 bits per heavy atom. The number of hydrogen-bond donors (Lipinski definition) is 0. The molecule has 0 spiro atoms. The molecule has 0 fully saturated rings. The van der Waals surface area contributed by atoms with Crippen molar-refractivity contribution in [2.75, 3.05) is 14.2 Å². The lowest BCUT2D eigenvalue weighted by molar-refractivity contribution is 0.394. The van der Waals surface area contributed by atoms with Crippen molar-refractivity contribution in [2.24, 2.45) is 0 Å². The highest BCUT2D eigenvalue weighted by Gasteiger charge is 2.06. The van der Waals surface area contributed by atoms with Gasteiger partial charge in [-0.25, -0.2) is 0 Å². The summed E-state index contributed by atoms with van der Waals surface area (Å²) in [6.07, 6.45) is 1.82. The van der Waals surface area contributed by atoms with E-state index in [9.17, 15) is 5.26 Å². The molecule has 0 aliphatic rings. The number of ether oxygens (including phenoxy) is 2. The zero-order chi connectivity index (χ0) is 15.2. The maximum Gasteiger partial charge on any atom is 0.129 e. The summed E-state index contributed by atoms with van der Waals surface area (Å²) in [6.45, 7) is 2.02. The van der Waals surface area contributed by atoms with Crippen LogP contribution in [0.4, 0.5) is 0 Å². The Kier molecular flexibility index (Phi) is 4.63. The Hall–Kier alpha value is -2.73. The predicted molar refractivity (Wildman–Crippen MR) is 84.2 cm³/mol. The number of benzene rings is 2. The van der Waals surface area contributed by atoms with Crippen molar-refractivity contribution < 1.29 is 9.47 Å². The Bertz CT molecular complexity index is 694. The first-order chi connectivity index (χ1) is 10.2. The Morgan fingerprint density at radius 1 is 1.05 bits per heavy atom. The van der Waals surface area contributed by atoms with Crippen LogP contribution in [0.15, 0.2) is 42.5 Å². The second-order valence-electron chi connectivity index (χ2n) is 4.64. The van der Waals surface area contributed by atoms with Crippen molar-refractivity contribution in [2.45, 2.75) is 6.92 Å².